The van der Waals surface area contributed by atoms with Gasteiger partial charge in [0.25, 0.3) is 0 Å². The third-order valence-corrected chi connectivity index (χ3v) is 5.31. The first-order chi connectivity index (χ1) is 7.87. The molecular formula is C15H22ClN. The minimum absolute atomic E-state index is 0.459. The van der Waals surface area contributed by atoms with Gasteiger partial charge in [-0.15, -0.1) is 0 Å². The van der Waals surface area contributed by atoms with E-state index >= 15 is 0 Å². The normalized spacial score (nSPS) is 21.5. The highest BCUT2D eigenvalue weighted by Crippen LogP contribution is 2.67. The maximum Gasteiger partial charge on any atom is 0.0450 e. The number of hydrogen-bond donors (Lipinski definition) is 1. The Morgan fingerprint density at radius 3 is 2.24 bits per heavy atom. The van der Waals surface area contributed by atoms with E-state index in [2.05, 4.69) is 39.1 Å². The van der Waals surface area contributed by atoms with Crippen LogP contribution in [0.2, 0.25) is 5.02 Å². The maximum atomic E-state index is 6.13. The summed E-state index contributed by atoms with van der Waals surface area (Å²) in [6.07, 6.45) is 0. The van der Waals surface area contributed by atoms with E-state index in [1.165, 1.54) is 5.56 Å². The quantitative estimate of drug-likeness (QED) is 0.849. The van der Waals surface area contributed by atoms with E-state index in [9.17, 15) is 0 Å². The molecule has 1 aliphatic rings. The first-order valence-corrected chi connectivity index (χ1v) is 6.69. The summed E-state index contributed by atoms with van der Waals surface area (Å²) in [4.78, 5) is 0. The zero-order valence-corrected chi connectivity index (χ0v) is 11.9. The molecule has 1 N–H and O–H groups in total. The Morgan fingerprint density at radius 1 is 1.12 bits per heavy atom. The van der Waals surface area contributed by atoms with Crippen LogP contribution in [0.1, 0.15) is 33.3 Å². The lowest BCUT2D eigenvalue weighted by molar-refractivity contribution is 0.457. The van der Waals surface area contributed by atoms with Gasteiger partial charge in [-0.3, -0.25) is 0 Å². The molecule has 1 aliphatic carbocycles. The first kappa shape index (κ1) is 12.9. The molecule has 0 aliphatic heterocycles. The Balaban J connectivity index is 1.84. The summed E-state index contributed by atoms with van der Waals surface area (Å²) in [7, 11) is 0. The van der Waals surface area contributed by atoms with Crippen molar-refractivity contribution in [2.24, 2.45) is 16.7 Å². The van der Waals surface area contributed by atoms with E-state index in [4.69, 9.17) is 11.6 Å². The maximum absolute atomic E-state index is 6.13. The van der Waals surface area contributed by atoms with Crippen LogP contribution in [0, 0.1) is 16.7 Å². The predicted molar refractivity (Wildman–Crippen MR) is 74.2 cm³/mol. The number of hydrogen-bond acceptors (Lipinski definition) is 1. The Kier molecular flexibility index (Phi) is 3.26. The molecule has 0 amide bonds. The van der Waals surface area contributed by atoms with Crippen molar-refractivity contribution in [3.05, 3.63) is 34.9 Å². The second-order valence-electron chi connectivity index (χ2n) is 6.22. The number of halogens is 1. The van der Waals surface area contributed by atoms with Crippen LogP contribution >= 0.6 is 11.6 Å². The van der Waals surface area contributed by atoms with Crippen molar-refractivity contribution in [3.8, 4) is 0 Å². The lowest BCUT2D eigenvalue weighted by atomic mass is 10.0. The highest BCUT2D eigenvalue weighted by Gasteiger charge is 2.63. The number of rotatable bonds is 4. The van der Waals surface area contributed by atoms with E-state index in [1.54, 1.807) is 0 Å². The summed E-state index contributed by atoms with van der Waals surface area (Å²) in [5, 5.41) is 4.39. The van der Waals surface area contributed by atoms with Crippen LogP contribution in [-0.2, 0) is 6.54 Å². The molecule has 1 saturated carbocycles. The number of nitrogens with one attached hydrogen (secondary N) is 1. The lowest BCUT2D eigenvalue weighted by Gasteiger charge is -2.07. The Hall–Kier alpha value is -0.530. The minimum Gasteiger partial charge on any atom is -0.312 e. The highest BCUT2D eigenvalue weighted by atomic mass is 35.5. The van der Waals surface area contributed by atoms with Gasteiger partial charge in [-0.1, -0.05) is 57.5 Å². The molecule has 0 bridgehead atoms. The van der Waals surface area contributed by atoms with E-state index < -0.39 is 0 Å². The summed E-state index contributed by atoms with van der Waals surface area (Å²) in [6, 6.07) is 8.04. The molecular weight excluding hydrogens is 230 g/mol. The molecule has 1 nitrogen and oxygen atoms in total. The third kappa shape index (κ3) is 2.23. The van der Waals surface area contributed by atoms with Crippen LogP contribution in [0.5, 0.6) is 0 Å². The highest BCUT2D eigenvalue weighted by molar-refractivity contribution is 6.31. The standard InChI is InChI=1S/C15H22ClN/c1-14(2)13(15(14,3)4)10-17-9-11-7-5-6-8-12(11)16/h5-8,13,17H,9-10H2,1-4H3. The Morgan fingerprint density at radius 2 is 1.71 bits per heavy atom. The zero-order valence-electron chi connectivity index (χ0n) is 11.2. The fourth-order valence-electron chi connectivity index (χ4n) is 2.84. The topological polar surface area (TPSA) is 12.0 Å². The summed E-state index contributed by atoms with van der Waals surface area (Å²) < 4.78 is 0. The van der Waals surface area contributed by atoms with Crippen molar-refractivity contribution >= 4 is 11.6 Å². The van der Waals surface area contributed by atoms with Crippen LogP contribution in [-0.4, -0.2) is 6.54 Å². The van der Waals surface area contributed by atoms with E-state index in [0.717, 1.165) is 24.0 Å². The van der Waals surface area contributed by atoms with Crippen LogP contribution in [0.25, 0.3) is 0 Å². The van der Waals surface area contributed by atoms with Crippen LogP contribution in [0.3, 0.4) is 0 Å². The molecule has 0 saturated heterocycles. The van der Waals surface area contributed by atoms with Crippen molar-refractivity contribution < 1.29 is 0 Å². The van der Waals surface area contributed by atoms with Gasteiger partial charge in [0.05, 0.1) is 0 Å². The Bertz CT molecular complexity index is 395. The molecule has 0 aromatic heterocycles. The third-order valence-electron chi connectivity index (χ3n) is 4.94. The largest absolute Gasteiger partial charge is 0.312 e. The molecule has 1 aromatic rings. The fraction of sp³-hybridized carbons (Fsp3) is 0.600. The van der Waals surface area contributed by atoms with Gasteiger partial charge in [0, 0.05) is 11.6 Å². The monoisotopic (exact) mass is 251 g/mol. The fourth-order valence-corrected chi connectivity index (χ4v) is 3.04. The first-order valence-electron chi connectivity index (χ1n) is 6.31. The van der Waals surface area contributed by atoms with Gasteiger partial charge in [-0.05, 0) is 34.9 Å². The molecule has 1 fully saturated rings. The average Bonchev–Trinajstić information content (AvgIpc) is 2.63. The second-order valence-corrected chi connectivity index (χ2v) is 6.63. The lowest BCUT2D eigenvalue weighted by Crippen LogP contribution is -2.19. The molecule has 0 radical (unpaired) electrons. The zero-order chi connectivity index (χ0) is 12.7. The Labute approximate surface area is 110 Å². The molecule has 17 heavy (non-hydrogen) atoms. The molecule has 0 heterocycles. The molecule has 0 unspecified atom stereocenters. The SMILES string of the molecule is CC1(C)C(CNCc2ccccc2Cl)C1(C)C. The average molecular weight is 252 g/mol. The summed E-state index contributed by atoms with van der Waals surface area (Å²) in [6.45, 7) is 11.4. The van der Waals surface area contributed by atoms with Gasteiger partial charge in [0.2, 0.25) is 0 Å². The molecule has 0 atom stereocenters. The molecule has 1 aromatic carbocycles. The summed E-state index contributed by atoms with van der Waals surface area (Å²) in [5.41, 5.74) is 2.10. The molecule has 2 heteroatoms. The van der Waals surface area contributed by atoms with Crippen LogP contribution in [0.15, 0.2) is 24.3 Å². The smallest absolute Gasteiger partial charge is 0.0450 e. The summed E-state index contributed by atoms with van der Waals surface area (Å²) >= 11 is 6.13. The van der Waals surface area contributed by atoms with Gasteiger partial charge in [0.15, 0.2) is 0 Å². The summed E-state index contributed by atoms with van der Waals surface area (Å²) in [5.74, 6) is 0.762. The van der Waals surface area contributed by atoms with Crippen molar-refractivity contribution in [3.63, 3.8) is 0 Å². The van der Waals surface area contributed by atoms with Gasteiger partial charge in [-0.25, -0.2) is 0 Å². The van der Waals surface area contributed by atoms with E-state index in [1.807, 2.05) is 18.2 Å². The molecule has 94 valence electrons. The van der Waals surface area contributed by atoms with Crippen molar-refractivity contribution in [2.75, 3.05) is 6.54 Å². The van der Waals surface area contributed by atoms with Gasteiger partial charge >= 0.3 is 0 Å². The van der Waals surface area contributed by atoms with Crippen LogP contribution < -0.4 is 5.32 Å². The van der Waals surface area contributed by atoms with Crippen LogP contribution in [0.4, 0.5) is 0 Å². The van der Waals surface area contributed by atoms with Gasteiger partial charge in [0.1, 0.15) is 0 Å². The number of benzene rings is 1. The van der Waals surface area contributed by atoms with E-state index in [0.29, 0.717) is 10.8 Å². The molecule has 0 spiro atoms. The van der Waals surface area contributed by atoms with Gasteiger partial charge < -0.3 is 5.32 Å². The van der Waals surface area contributed by atoms with Crippen molar-refractivity contribution in [2.45, 2.75) is 34.2 Å². The van der Waals surface area contributed by atoms with Crippen molar-refractivity contribution in [1.82, 2.24) is 5.32 Å². The van der Waals surface area contributed by atoms with E-state index in [-0.39, 0.29) is 0 Å². The van der Waals surface area contributed by atoms with Crippen molar-refractivity contribution in [1.29, 1.82) is 0 Å². The molecule has 2 rings (SSSR count). The minimum atomic E-state index is 0.459. The predicted octanol–water partition coefficient (Wildman–Crippen LogP) is 4.11. The second kappa shape index (κ2) is 4.29. The van der Waals surface area contributed by atoms with Gasteiger partial charge in [-0.2, -0.15) is 0 Å².